The molecule has 0 amide bonds. The second kappa shape index (κ2) is 6.14. The van der Waals surface area contributed by atoms with E-state index in [1.54, 1.807) is 28.9 Å². The monoisotopic (exact) mass is 381 g/mol. The van der Waals surface area contributed by atoms with Gasteiger partial charge in [-0.3, -0.25) is 0 Å². The van der Waals surface area contributed by atoms with E-state index in [2.05, 4.69) is 10.1 Å². The number of alkyl halides is 3. The zero-order chi connectivity index (χ0) is 18.5. The number of benzene rings is 1. The molecule has 5 nitrogen and oxygen atoms in total. The first kappa shape index (κ1) is 17.1. The number of nitrogens with two attached hydrogens (primary N) is 1. The Bertz CT molecular complexity index is 951. The van der Waals surface area contributed by atoms with E-state index in [1.165, 1.54) is 12.1 Å². The van der Waals surface area contributed by atoms with Crippen molar-refractivity contribution in [1.29, 1.82) is 0 Å². The predicted molar refractivity (Wildman–Crippen MR) is 92.7 cm³/mol. The van der Waals surface area contributed by atoms with Gasteiger partial charge < -0.3 is 10.6 Å². The maximum absolute atomic E-state index is 12.8. The lowest BCUT2D eigenvalue weighted by molar-refractivity contribution is -0.149. The summed E-state index contributed by atoms with van der Waals surface area (Å²) in [6.07, 6.45) is -1.02. The van der Waals surface area contributed by atoms with Crippen LogP contribution in [0.15, 0.2) is 36.5 Å². The topological polar surface area (TPSA) is 59.5 Å². The molecule has 1 atom stereocenters. The van der Waals surface area contributed by atoms with Gasteiger partial charge in [0.1, 0.15) is 6.04 Å². The summed E-state index contributed by atoms with van der Waals surface area (Å²) in [6.45, 7) is 0.736. The Balaban J connectivity index is 1.71. The van der Waals surface area contributed by atoms with E-state index < -0.39 is 12.2 Å². The molecule has 9 heteroatoms. The SMILES string of the molecule is N[C@@H](c1ccc(N2CCCc3c2cnc2cc(Cl)nn32)cc1)C(F)(F)F. The van der Waals surface area contributed by atoms with Crippen molar-refractivity contribution in [1.82, 2.24) is 14.6 Å². The summed E-state index contributed by atoms with van der Waals surface area (Å²) in [7, 11) is 0. The van der Waals surface area contributed by atoms with Gasteiger partial charge in [0.05, 0.1) is 17.6 Å². The Morgan fingerprint density at radius 1 is 1.19 bits per heavy atom. The van der Waals surface area contributed by atoms with Crippen molar-refractivity contribution in [2.24, 2.45) is 5.73 Å². The molecule has 26 heavy (non-hydrogen) atoms. The summed E-state index contributed by atoms with van der Waals surface area (Å²) in [4.78, 5) is 6.39. The molecular formula is C17H15ClF3N5. The zero-order valence-corrected chi connectivity index (χ0v) is 14.3. The van der Waals surface area contributed by atoms with Crippen molar-refractivity contribution in [3.63, 3.8) is 0 Å². The Kier molecular flexibility index (Phi) is 4.04. The highest BCUT2D eigenvalue weighted by Gasteiger charge is 2.37. The fourth-order valence-electron chi connectivity index (χ4n) is 3.25. The van der Waals surface area contributed by atoms with Gasteiger partial charge in [0, 0.05) is 18.3 Å². The highest BCUT2D eigenvalue weighted by Crippen LogP contribution is 2.35. The number of fused-ring (bicyclic) bond motifs is 3. The van der Waals surface area contributed by atoms with Gasteiger partial charge in [-0.1, -0.05) is 23.7 Å². The van der Waals surface area contributed by atoms with Crippen LogP contribution in [0, 0.1) is 0 Å². The number of nitrogens with zero attached hydrogens (tertiary/aromatic N) is 4. The van der Waals surface area contributed by atoms with Crippen LogP contribution in [0.2, 0.25) is 5.15 Å². The molecule has 1 aromatic carbocycles. The van der Waals surface area contributed by atoms with E-state index in [4.69, 9.17) is 17.3 Å². The van der Waals surface area contributed by atoms with Crippen LogP contribution < -0.4 is 10.6 Å². The van der Waals surface area contributed by atoms with Gasteiger partial charge in [0.25, 0.3) is 0 Å². The third-order valence-corrected chi connectivity index (χ3v) is 4.72. The maximum atomic E-state index is 12.8. The van der Waals surface area contributed by atoms with Crippen LogP contribution in [0.3, 0.4) is 0 Å². The van der Waals surface area contributed by atoms with Gasteiger partial charge in [-0.25, -0.2) is 9.50 Å². The number of anilines is 2. The summed E-state index contributed by atoms with van der Waals surface area (Å²) in [6, 6.07) is 5.83. The first-order valence-electron chi connectivity index (χ1n) is 8.07. The highest BCUT2D eigenvalue weighted by molar-refractivity contribution is 6.29. The Hall–Kier alpha value is -2.32. The van der Waals surface area contributed by atoms with Crippen molar-refractivity contribution in [2.45, 2.75) is 25.1 Å². The maximum Gasteiger partial charge on any atom is 0.407 e. The average Bonchev–Trinajstić information content (AvgIpc) is 3.00. The number of aromatic nitrogens is 3. The lowest BCUT2D eigenvalue weighted by Gasteiger charge is -2.31. The van der Waals surface area contributed by atoms with Crippen LogP contribution in [0.25, 0.3) is 5.65 Å². The standard InChI is InChI=1S/C17H15ClF3N5/c18-14-8-15-23-9-13-12(26(15)24-14)2-1-7-25(13)11-5-3-10(4-6-11)16(22)17(19,20)21/h3-6,8-9,16H,1-2,7,22H2/t16-/m0/s1. The van der Waals surface area contributed by atoms with Crippen LogP contribution in [0.1, 0.15) is 23.7 Å². The van der Waals surface area contributed by atoms with Gasteiger partial charge >= 0.3 is 6.18 Å². The lowest BCUT2D eigenvalue weighted by Crippen LogP contribution is -2.29. The Morgan fingerprint density at radius 3 is 2.62 bits per heavy atom. The number of hydrogen-bond acceptors (Lipinski definition) is 4. The van der Waals surface area contributed by atoms with Gasteiger partial charge in [0.15, 0.2) is 10.8 Å². The van der Waals surface area contributed by atoms with Crippen molar-refractivity contribution in [3.05, 3.63) is 52.9 Å². The molecule has 2 aromatic heterocycles. The van der Waals surface area contributed by atoms with E-state index in [1.807, 2.05) is 4.90 Å². The molecule has 0 radical (unpaired) electrons. The number of rotatable bonds is 2. The smallest absolute Gasteiger partial charge is 0.339 e. The quantitative estimate of drug-likeness (QED) is 0.728. The minimum atomic E-state index is -4.46. The molecule has 0 unspecified atom stereocenters. The molecule has 0 saturated carbocycles. The van der Waals surface area contributed by atoms with E-state index in [-0.39, 0.29) is 5.56 Å². The van der Waals surface area contributed by atoms with Crippen LogP contribution in [0.5, 0.6) is 0 Å². The van der Waals surface area contributed by atoms with Crippen LogP contribution in [0.4, 0.5) is 24.5 Å². The number of halogens is 4. The fraction of sp³-hybridized carbons (Fsp3) is 0.294. The largest absolute Gasteiger partial charge is 0.407 e. The molecule has 1 aliphatic rings. The van der Waals surface area contributed by atoms with E-state index >= 15 is 0 Å². The Morgan fingerprint density at radius 2 is 1.92 bits per heavy atom. The zero-order valence-electron chi connectivity index (χ0n) is 13.5. The van der Waals surface area contributed by atoms with Crippen LogP contribution in [-0.4, -0.2) is 27.3 Å². The lowest BCUT2D eigenvalue weighted by atomic mass is 10.0. The highest BCUT2D eigenvalue weighted by atomic mass is 35.5. The summed E-state index contributed by atoms with van der Waals surface area (Å²) in [5.74, 6) is 0. The summed E-state index contributed by atoms with van der Waals surface area (Å²) in [5.41, 5.74) is 8.60. The molecule has 0 saturated heterocycles. The normalized spacial score (nSPS) is 16.0. The predicted octanol–water partition coefficient (Wildman–Crippen LogP) is 4.03. The molecule has 0 fully saturated rings. The second-order valence-corrected chi connectivity index (χ2v) is 6.58. The van der Waals surface area contributed by atoms with Crippen molar-refractivity contribution < 1.29 is 13.2 Å². The molecule has 0 spiro atoms. The minimum Gasteiger partial charge on any atom is -0.339 e. The molecule has 3 heterocycles. The van der Waals surface area contributed by atoms with Gasteiger partial charge in [-0.2, -0.15) is 18.3 Å². The number of hydrogen-bond donors (Lipinski definition) is 1. The van der Waals surface area contributed by atoms with Gasteiger partial charge in [0.2, 0.25) is 0 Å². The molecule has 4 rings (SSSR count). The third kappa shape index (κ3) is 2.89. The van der Waals surface area contributed by atoms with Crippen LogP contribution >= 0.6 is 11.6 Å². The Labute approximate surface area is 152 Å². The van der Waals surface area contributed by atoms with E-state index in [9.17, 15) is 13.2 Å². The summed E-state index contributed by atoms with van der Waals surface area (Å²) in [5, 5.41) is 4.64. The molecule has 136 valence electrons. The molecular weight excluding hydrogens is 367 g/mol. The minimum absolute atomic E-state index is 0.0333. The van der Waals surface area contributed by atoms with Crippen molar-refractivity contribution in [3.8, 4) is 0 Å². The first-order chi connectivity index (χ1) is 12.3. The van der Waals surface area contributed by atoms with E-state index in [0.29, 0.717) is 10.8 Å². The molecule has 1 aliphatic heterocycles. The van der Waals surface area contributed by atoms with Gasteiger partial charge in [-0.15, -0.1) is 0 Å². The fourth-order valence-corrected chi connectivity index (χ4v) is 3.42. The summed E-state index contributed by atoms with van der Waals surface area (Å²) >= 11 is 5.97. The molecule has 2 N–H and O–H groups in total. The van der Waals surface area contributed by atoms with E-state index in [0.717, 1.165) is 36.5 Å². The van der Waals surface area contributed by atoms with Gasteiger partial charge in [-0.05, 0) is 30.5 Å². The average molecular weight is 382 g/mol. The molecule has 3 aromatic rings. The van der Waals surface area contributed by atoms with Crippen LogP contribution in [-0.2, 0) is 6.42 Å². The van der Waals surface area contributed by atoms with Crippen molar-refractivity contribution in [2.75, 3.05) is 11.4 Å². The third-order valence-electron chi connectivity index (χ3n) is 4.53. The number of aryl methyl sites for hydroxylation is 1. The van der Waals surface area contributed by atoms with Crippen molar-refractivity contribution >= 4 is 28.6 Å². The second-order valence-electron chi connectivity index (χ2n) is 6.19. The molecule has 0 aliphatic carbocycles. The summed E-state index contributed by atoms with van der Waals surface area (Å²) < 4.78 is 40.0. The first-order valence-corrected chi connectivity index (χ1v) is 8.45. The molecule has 0 bridgehead atoms.